The van der Waals surface area contributed by atoms with Crippen LogP contribution >= 0.6 is 0 Å². The minimum absolute atomic E-state index is 0.0158. The molecule has 2 rings (SSSR count). The van der Waals surface area contributed by atoms with Crippen LogP contribution in [0.3, 0.4) is 0 Å². The van der Waals surface area contributed by atoms with Gasteiger partial charge in [0.05, 0.1) is 11.4 Å². The molecule has 0 aliphatic heterocycles. The minimum Gasteiger partial charge on any atom is -0.397 e. The lowest BCUT2D eigenvalue weighted by atomic mass is 9.78. The molecule has 21 heavy (non-hydrogen) atoms. The van der Waals surface area contributed by atoms with Crippen LogP contribution in [0.15, 0.2) is 18.2 Å². The molecular weight excluding hydrogens is 262 g/mol. The molecule has 4 nitrogen and oxygen atoms in total. The summed E-state index contributed by atoms with van der Waals surface area (Å²) >= 11 is 0. The summed E-state index contributed by atoms with van der Waals surface area (Å²) in [7, 11) is 3.88. The predicted octanol–water partition coefficient (Wildman–Crippen LogP) is 2.89. The van der Waals surface area contributed by atoms with Crippen LogP contribution in [0.2, 0.25) is 0 Å². The van der Waals surface area contributed by atoms with Crippen molar-refractivity contribution in [1.29, 1.82) is 0 Å². The van der Waals surface area contributed by atoms with E-state index >= 15 is 0 Å². The van der Waals surface area contributed by atoms with Gasteiger partial charge in [-0.05, 0) is 36.5 Å². The molecule has 0 heterocycles. The fraction of sp³-hybridized carbons (Fsp3) is 0.588. The van der Waals surface area contributed by atoms with Crippen molar-refractivity contribution in [1.82, 2.24) is 5.32 Å². The second-order valence-electron chi connectivity index (χ2n) is 6.52. The summed E-state index contributed by atoms with van der Waals surface area (Å²) in [4.78, 5) is 14.4. The molecule has 1 amide bonds. The molecule has 0 bridgehead atoms. The minimum atomic E-state index is -0.0158. The number of nitrogens with one attached hydrogen (secondary N) is 1. The van der Waals surface area contributed by atoms with Crippen molar-refractivity contribution in [2.75, 3.05) is 24.7 Å². The molecule has 3 atom stereocenters. The number of nitrogen functional groups attached to an aromatic ring is 1. The average molecular weight is 289 g/mol. The Morgan fingerprint density at radius 2 is 2.00 bits per heavy atom. The first-order chi connectivity index (χ1) is 9.90. The Balaban J connectivity index is 2.08. The van der Waals surface area contributed by atoms with Gasteiger partial charge in [-0.2, -0.15) is 0 Å². The van der Waals surface area contributed by atoms with Gasteiger partial charge < -0.3 is 16.0 Å². The van der Waals surface area contributed by atoms with Crippen LogP contribution in [0.5, 0.6) is 0 Å². The van der Waals surface area contributed by atoms with E-state index in [1.807, 2.05) is 31.1 Å². The molecular formula is C17H27N3O. The highest BCUT2D eigenvalue weighted by Crippen LogP contribution is 2.30. The maximum absolute atomic E-state index is 12.4. The summed E-state index contributed by atoms with van der Waals surface area (Å²) in [6, 6.07) is 5.78. The molecule has 1 aromatic carbocycles. The number of hydrogen-bond acceptors (Lipinski definition) is 3. The SMILES string of the molecule is CC1CCCC(NC(=O)c2ccc(N(C)C)c(N)c2)C1C. The van der Waals surface area contributed by atoms with Crippen molar-refractivity contribution < 1.29 is 4.79 Å². The smallest absolute Gasteiger partial charge is 0.251 e. The van der Waals surface area contributed by atoms with Gasteiger partial charge in [0.1, 0.15) is 0 Å². The summed E-state index contributed by atoms with van der Waals surface area (Å²) in [5, 5.41) is 3.18. The van der Waals surface area contributed by atoms with E-state index in [4.69, 9.17) is 5.73 Å². The molecule has 0 spiro atoms. The van der Waals surface area contributed by atoms with Crippen LogP contribution in [0.1, 0.15) is 43.5 Å². The molecule has 4 heteroatoms. The first-order valence-corrected chi connectivity index (χ1v) is 7.78. The summed E-state index contributed by atoms with van der Waals surface area (Å²) in [5.41, 5.74) is 8.24. The monoisotopic (exact) mass is 289 g/mol. The molecule has 3 unspecified atom stereocenters. The molecule has 1 aliphatic carbocycles. The van der Waals surface area contributed by atoms with Crippen molar-refractivity contribution in [3.05, 3.63) is 23.8 Å². The highest BCUT2D eigenvalue weighted by atomic mass is 16.1. The Morgan fingerprint density at radius 3 is 2.62 bits per heavy atom. The molecule has 0 saturated heterocycles. The van der Waals surface area contributed by atoms with E-state index in [0.717, 1.165) is 12.1 Å². The quantitative estimate of drug-likeness (QED) is 0.841. The van der Waals surface area contributed by atoms with Crippen molar-refractivity contribution in [3.63, 3.8) is 0 Å². The van der Waals surface area contributed by atoms with Crippen LogP contribution in [0, 0.1) is 11.8 Å². The summed E-state index contributed by atoms with van der Waals surface area (Å²) < 4.78 is 0. The molecule has 1 aliphatic rings. The molecule has 3 N–H and O–H groups in total. The molecule has 116 valence electrons. The predicted molar refractivity (Wildman–Crippen MR) is 88.6 cm³/mol. The third kappa shape index (κ3) is 3.49. The van der Waals surface area contributed by atoms with Crippen molar-refractivity contribution >= 4 is 17.3 Å². The summed E-state index contributed by atoms with van der Waals surface area (Å²) in [6.45, 7) is 4.51. The Bertz CT molecular complexity index is 513. The standard InChI is InChI=1S/C17H27N3O/c1-11-6-5-7-15(12(11)2)19-17(21)13-8-9-16(20(3)4)14(18)10-13/h8-12,15H,5-7,18H2,1-4H3,(H,19,21). The molecule has 1 aromatic rings. The fourth-order valence-electron chi connectivity index (χ4n) is 3.14. The van der Waals surface area contributed by atoms with Gasteiger partial charge in [-0.3, -0.25) is 4.79 Å². The van der Waals surface area contributed by atoms with E-state index in [-0.39, 0.29) is 11.9 Å². The first-order valence-electron chi connectivity index (χ1n) is 7.78. The molecule has 1 fully saturated rings. The molecule has 0 radical (unpaired) electrons. The van der Waals surface area contributed by atoms with Gasteiger partial charge in [-0.1, -0.05) is 26.7 Å². The number of amides is 1. The summed E-state index contributed by atoms with van der Waals surface area (Å²) in [6.07, 6.45) is 3.53. The lowest BCUT2D eigenvalue weighted by Crippen LogP contribution is -2.43. The van der Waals surface area contributed by atoms with Crippen LogP contribution in [-0.4, -0.2) is 26.0 Å². The largest absolute Gasteiger partial charge is 0.397 e. The van der Waals surface area contributed by atoms with E-state index in [0.29, 0.717) is 23.1 Å². The second kappa shape index (κ2) is 6.37. The summed E-state index contributed by atoms with van der Waals surface area (Å²) in [5.74, 6) is 1.18. The zero-order valence-corrected chi connectivity index (χ0v) is 13.5. The highest BCUT2D eigenvalue weighted by molar-refractivity contribution is 5.96. The number of hydrogen-bond donors (Lipinski definition) is 2. The van der Waals surface area contributed by atoms with Gasteiger partial charge in [-0.15, -0.1) is 0 Å². The Labute approximate surface area is 127 Å². The molecule has 1 saturated carbocycles. The van der Waals surface area contributed by atoms with Gasteiger partial charge in [0.15, 0.2) is 0 Å². The number of benzene rings is 1. The van der Waals surface area contributed by atoms with Crippen molar-refractivity contribution in [2.45, 2.75) is 39.2 Å². The van der Waals surface area contributed by atoms with Crippen molar-refractivity contribution in [2.24, 2.45) is 11.8 Å². The van der Waals surface area contributed by atoms with Crippen LogP contribution in [0.25, 0.3) is 0 Å². The molecule has 0 aromatic heterocycles. The zero-order chi connectivity index (χ0) is 15.6. The maximum atomic E-state index is 12.4. The number of anilines is 2. The normalized spacial score (nSPS) is 25.4. The van der Waals surface area contributed by atoms with E-state index in [2.05, 4.69) is 19.2 Å². The Hall–Kier alpha value is -1.71. The fourth-order valence-corrected chi connectivity index (χ4v) is 3.14. The Morgan fingerprint density at radius 1 is 1.29 bits per heavy atom. The lowest BCUT2D eigenvalue weighted by molar-refractivity contribution is 0.0891. The van der Waals surface area contributed by atoms with Crippen LogP contribution in [0.4, 0.5) is 11.4 Å². The van der Waals surface area contributed by atoms with Crippen LogP contribution in [-0.2, 0) is 0 Å². The zero-order valence-electron chi connectivity index (χ0n) is 13.5. The van der Waals surface area contributed by atoms with Crippen molar-refractivity contribution in [3.8, 4) is 0 Å². The van der Waals surface area contributed by atoms with E-state index in [1.165, 1.54) is 12.8 Å². The number of rotatable bonds is 3. The first kappa shape index (κ1) is 15.7. The number of carbonyl (C=O) groups is 1. The van der Waals surface area contributed by atoms with E-state index in [1.54, 1.807) is 6.07 Å². The third-order valence-corrected chi connectivity index (χ3v) is 4.79. The third-order valence-electron chi connectivity index (χ3n) is 4.79. The van der Waals surface area contributed by atoms with Gasteiger partial charge in [-0.25, -0.2) is 0 Å². The number of carbonyl (C=O) groups excluding carboxylic acids is 1. The van der Waals surface area contributed by atoms with E-state index < -0.39 is 0 Å². The topological polar surface area (TPSA) is 58.4 Å². The van der Waals surface area contributed by atoms with Gasteiger partial charge in [0.2, 0.25) is 0 Å². The average Bonchev–Trinajstić information content (AvgIpc) is 2.43. The number of nitrogens with two attached hydrogens (primary N) is 1. The van der Waals surface area contributed by atoms with E-state index in [9.17, 15) is 4.79 Å². The van der Waals surface area contributed by atoms with Crippen LogP contribution < -0.4 is 16.0 Å². The number of nitrogens with zero attached hydrogens (tertiary/aromatic N) is 1. The van der Waals surface area contributed by atoms with Gasteiger partial charge >= 0.3 is 0 Å². The highest BCUT2D eigenvalue weighted by Gasteiger charge is 2.28. The Kier molecular flexibility index (Phi) is 4.76. The van der Waals surface area contributed by atoms with Gasteiger partial charge in [0, 0.05) is 25.7 Å². The van der Waals surface area contributed by atoms with Gasteiger partial charge in [0.25, 0.3) is 5.91 Å². The second-order valence-corrected chi connectivity index (χ2v) is 6.52. The lowest BCUT2D eigenvalue weighted by Gasteiger charge is -2.34. The maximum Gasteiger partial charge on any atom is 0.251 e.